The number of fused-ring (bicyclic) bond motifs is 1. The molecule has 12 heteroatoms. The van der Waals surface area contributed by atoms with Crippen LogP contribution in [0, 0.1) is 5.92 Å². The predicted octanol–water partition coefficient (Wildman–Crippen LogP) is 3.73. The fourth-order valence-electron chi connectivity index (χ4n) is 4.73. The van der Waals surface area contributed by atoms with E-state index in [0.29, 0.717) is 57.3 Å². The lowest BCUT2D eigenvalue weighted by molar-refractivity contribution is -0.137. The summed E-state index contributed by atoms with van der Waals surface area (Å²) in [6.45, 7) is 7.35. The van der Waals surface area contributed by atoms with Crippen molar-refractivity contribution in [2.45, 2.75) is 77.6 Å². The van der Waals surface area contributed by atoms with Gasteiger partial charge in [-0.1, -0.05) is 19.9 Å². The Morgan fingerprint density at radius 2 is 1.80 bits per heavy atom. The molecule has 0 fully saturated rings. The van der Waals surface area contributed by atoms with Gasteiger partial charge in [0.25, 0.3) is 5.91 Å². The zero-order valence-electron chi connectivity index (χ0n) is 26.0. The van der Waals surface area contributed by atoms with Crippen molar-refractivity contribution in [1.29, 1.82) is 0 Å². The molecule has 44 heavy (non-hydrogen) atoms. The highest BCUT2D eigenvalue weighted by molar-refractivity contribution is 5.80. The van der Waals surface area contributed by atoms with Crippen LogP contribution in [0.15, 0.2) is 24.5 Å². The lowest BCUT2D eigenvalue weighted by atomic mass is 9.91. The number of aromatic nitrogens is 3. The fraction of sp³-hybridized carbons (Fsp3) is 0.625. The quantitative estimate of drug-likeness (QED) is 0.166. The Bertz CT molecular complexity index is 1180. The number of carbonyl (C=O) groups is 3. The Morgan fingerprint density at radius 3 is 2.55 bits per heavy atom. The summed E-state index contributed by atoms with van der Waals surface area (Å²) in [5, 5.41) is 15.4. The minimum absolute atomic E-state index is 0.00375. The highest BCUT2D eigenvalue weighted by atomic mass is 16.5. The number of carbonyl (C=O) groups excluding carboxylic acids is 2. The Kier molecular flexibility index (Phi) is 15.5. The molecule has 3 heterocycles. The van der Waals surface area contributed by atoms with Gasteiger partial charge in [-0.3, -0.25) is 14.4 Å². The second-order valence-electron chi connectivity index (χ2n) is 11.4. The Labute approximate surface area is 259 Å². The zero-order valence-corrected chi connectivity index (χ0v) is 26.0. The second kappa shape index (κ2) is 19.6. The molecule has 1 atom stereocenters. The summed E-state index contributed by atoms with van der Waals surface area (Å²) in [4.78, 5) is 49.2. The zero-order chi connectivity index (χ0) is 31.6. The number of rotatable bonds is 22. The van der Waals surface area contributed by atoms with Crippen LogP contribution < -0.4 is 15.4 Å². The normalized spacial score (nSPS) is 13.2. The van der Waals surface area contributed by atoms with Gasteiger partial charge in [0.1, 0.15) is 11.6 Å². The van der Waals surface area contributed by atoms with Crippen LogP contribution in [0.2, 0.25) is 0 Å². The van der Waals surface area contributed by atoms with E-state index in [1.807, 2.05) is 0 Å². The summed E-state index contributed by atoms with van der Waals surface area (Å²) >= 11 is 0. The number of hydrogen-bond donors (Lipinski definition) is 3. The second-order valence-corrected chi connectivity index (χ2v) is 11.4. The van der Waals surface area contributed by atoms with E-state index >= 15 is 0 Å². The summed E-state index contributed by atoms with van der Waals surface area (Å²) in [5.41, 5.74) is 2.79. The van der Waals surface area contributed by atoms with E-state index in [-0.39, 0.29) is 37.1 Å². The van der Waals surface area contributed by atoms with Crippen molar-refractivity contribution in [2.24, 2.45) is 5.92 Å². The number of ketones is 1. The van der Waals surface area contributed by atoms with Gasteiger partial charge in [0, 0.05) is 56.5 Å². The van der Waals surface area contributed by atoms with E-state index in [4.69, 9.17) is 19.2 Å². The SMILES string of the molecule is CC(C)CCOCCOCCNC(=O)COc1ncc([C@H](CC(=O)O)CC(=O)CCCCc2ccc3c(n2)NCCC3)cn1. The first kappa shape index (κ1) is 34.8. The lowest BCUT2D eigenvalue weighted by Gasteiger charge is -2.17. The van der Waals surface area contributed by atoms with Gasteiger partial charge in [0.05, 0.1) is 26.2 Å². The summed E-state index contributed by atoms with van der Waals surface area (Å²) in [6.07, 6.45) is 8.64. The number of aliphatic carboxylic acids is 1. The molecule has 1 aliphatic heterocycles. The van der Waals surface area contributed by atoms with Crippen molar-refractivity contribution in [3.8, 4) is 6.01 Å². The van der Waals surface area contributed by atoms with E-state index in [9.17, 15) is 19.5 Å². The fourth-order valence-corrected chi connectivity index (χ4v) is 4.73. The molecular weight excluding hydrogens is 566 g/mol. The van der Waals surface area contributed by atoms with Gasteiger partial charge in [0.2, 0.25) is 0 Å². The van der Waals surface area contributed by atoms with E-state index in [1.165, 1.54) is 18.0 Å². The van der Waals surface area contributed by atoms with E-state index in [0.717, 1.165) is 50.2 Å². The van der Waals surface area contributed by atoms with Gasteiger partial charge in [-0.25, -0.2) is 15.0 Å². The molecule has 0 saturated carbocycles. The summed E-state index contributed by atoms with van der Waals surface area (Å²) < 4.78 is 16.3. The number of ether oxygens (including phenoxy) is 3. The summed E-state index contributed by atoms with van der Waals surface area (Å²) in [5.74, 6) is -0.327. The predicted molar refractivity (Wildman–Crippen MR) is 165 cm³/mol. The Morgan fingerprint density at radius 1 is 1.02 bits per heavy atom. The van der Waals surface area contributed by atoms with Gasteiger partial charge in [-0.15, -0.1) is 0 Å². The maximum absolute atomic E-state index is 12.7. The van der Waals surface area contributed by atoms with Crippen LogP contribution in [-0.2, 0) is 36.7 Å². The number of nitrogens with one attached hydrogen (secondary N) is 2. The topological polar surface area (TPSA) is 162 Å². The van der Waals surface area contributed by atoms with Gasteiger partial charge in [-0.05, 0) is 61.6 Å². The lowest BCUT2D eigenvalue weighted by Crippen LogP contribution is -2.32. The molecule has 0 unspecified atom stereocenters. The number of pyridine rings is 1. The van der Waals surface area contributed by atoms with Gasteiger partial charge in [-0.2, -0.15) is 0 Å². The molecule has 3 rings (SSSR count). The number of unbranched alkanes of at least 4 members (excludes halogenated alkanes) is 1. The van der Waals surface area contributed by atoms with Crippen LogP contribution in [0.5, 0.6) is 6.01 Å². The van der Waals surface area contributed by atoms with Crippen LogP contribution in [0.3, 0.4) is 0 Å². The molecule has 0 spiro atoms. The minimum atomic E-state index is -1.01. The first-order chi connectivity index (χ1) is 21.3. The van der Waals surface area contributed by atoms with Crippen LogP contribution >= 0.6 is 0 Å². The molecule has 0 aliphatic carbocycles. The Hall–Kier alpha value is -3.64. The number of aryl methyl sites for hydroxylation is 2. The van der Waals surface area contributed by atoms with Crippen LogP contribution in [0.25, 0.3) is 0 Å². The summed E-state index contributed by atoms with van der Waals surface area (Å²) in [7, 11) is 0. The smallest absolute Gasteiger partial charge is 0.316 e. The highest BCUT2D eigenvalue weighted by Gasteiger charge is 2.20. The summed E-state index contributed by atoms with van der Waals surface area (Å²) in [6, 6.07) is 4.17. The largest absolute Gasteiger partial charge is 0.481 e. The van der Waals surface area contributed by atoms with E-state index in [2.05, 4.69) is 46.6 Å². The molecule has 12 nitrogen and oxygen atoms in total. The number of nitrogens with zero attached hydrogens (tertiary/aromatic N) is 3. The van der Waals surface area contributed by atoms with Crippen molar-refractivity contribution < 1.29 is 33.7 Å². The third kappa shape index (κ3) is 13.8. The number of amides is 1. The minimum Gasteiger partial charge on any atom is -0.481 e. The van der Waals surface area contributed by atoms with Crippen molar-refractivity contribution in [1.82, 2.24) is 20.3 Å². The molecule has 0 bridgehead atoms. The molecule has 0 aromatic carbocycles. The van der Waals surface area contributed by atoms with Crippen molar-refractivity contribution in [2.75, 3.05) is 51.4 Å². The van der Waals surface area contributed by atoms with Gasteiger partial charge < -0.3 is 30.0 Å². The molecule has 1 amide bonds. The van der Waals surface area contributed by atoms with Crippen molar-refractivity contribution in [3.63, 3.8) is 0 Å². The van der Waals surface area contributed by atoms with Crippen LogP contribution in [-0.4, -0.2) is 83.8 Å². The molecule has 2 aromatic rings. The maximum Gasteiger partial charge on any atom is 0.316 e. The third-order valence-corrected chi connectivity index (χ3v) is 7.22. The van der Waals surface area contributed by atoms with Gasteiger partial charge in [0.15, 0.2) is 6.61 Å². The van der Waals surface area contributed by atoms with Crippen LogP contribution in [0.4, 0.5) is 5.82 Å². The number of anilines is 1. The Balaban J connectivity index is 1.33. The van der Waals surface area contributed by atoms with Crippen molar-refractivity contribution >= 4 is 23.5 Å². The number of Topliss-reactive ketones (excluding diaryl/α,β-unsaturated/α-hetero) is 1. The molecule has 3 N–H and O–H groups in total. The monoisotopic (exact) mass is 613 g/mol. The molecule has 0 saturated heterocycles. The number of carboxylic acids is 1. The number of carboxylic acid groups (broad SMARTS) is 1. The van der Waals surface area contributed by atoms with Crippen molar-refractivity contribution in [3.05, 3.63) is 41.3 Å². The molecular formula is C32H47N5O7. The highest BCUT2D eigenvalue weighted by Crippen LogP contribution is 2.25. The standard InChI is InChI=1S/C32H47N5O7/c1-23(2)11-14-42-16-17-43-15-13-33-29(39)22-44-32-35-20-26(21-36-32)25(19-30(40)41)18-28(38)8-4-3-7-27-10-9-24-6-5-12-34-31(24)37-27/h9-10,20-21,23,25H,3-8,11-19,22H2,1-2H3,(H,33,39)(H,34,37)(H,40,41)/t25-/m0/s1. The molecule has 2 aromatic heterocycles. The molecule has 242 valence electrons. The number of hydrogen-bond acceptors (Lipinski definition) is 10. The van der Waals surface area contributed by atoms with E-state index < -0.39 is 11.9 Å². The van der Waals surface area contributed by atoms with Gasteiger partial charge >= 0.3 is 12.0 Å². The average molecular weight is 614 g/mol. The molecule has 0 radical (unpaired) electrons. The average Bonchev–Trinajstić information content (AvgIpc) is 3.01. The molecule has 1 aliphatic rings. The first-order valence-corrected chi connectivity index (χ1v) is 15.6. The first-order valence-electron chi connectivity index (χ1n) is 15.6. The maximum atomic E-state index is 12.7. The third-order valence-electron chi connectivity index (χ3n) is 7.22. The van der Waals surface area contributed by atoms with Crippen LogP contribution in [0.1, 0.15) is 81.5 Å². The van der Waals surface area contributed by atoms with E-state index in [1.54, 1.807) is 0 Å².